The van der Waals surface area contributed by atoms with Crippen molar-refractivity contribution in [2.45, 2.75) is 61.8 Å². The third-order valence-corrected chi connectivity index (χ3v) is 5.89. The van der Waals surface area contributed by atoms with Crippen molar-refractivity contribution in [2.75, 3.05) is 41.5 Å². The first-order valence-electron chi connectivity index (χ1n) is 10.9. The van der Waals surface area contributed by atoms with E-state index in [-0.39, 0.29) is 65.4 Å². The third-order valence-electron chi connectivity index (χ3n) is 5.89. The van der Waals surface area contributed by atoms with Crippen LogP contribution in [-0.2, 0) is 65.4 Å². The first-order valence-corrected chi connectivity index (χ1v) is 10.9. The number of rotatable bonds is 4. The van der Waals surface area contributed by atoms with E-state index in [0.29, 0.717) is 11.8 Å². The van der Waals surface area contributed by atoms with E-state index in [1.165, 1.54) is 29.3 Å². The van der Waals surface area contributed by atoms with Gasteiger partial charge in [0.25, 0.3) is 0 Å². The van der Waals surface area contributed by atoms with Gasteiger partial charge in [-0.2, -0.15) is 25.7 Å². The summed E-state index contributed by atoms with van der Waals surface area (Å²) in [4.78, 5) is 0. The molecule has 1 rings (SSSR count). The minimum absolute atomic E-state index is 0. The van der Waals surface area contributed by atoms with Crippen LogP contribution < -0.4 is 0 Å². The van der Waals surface area contributed by atoms with E-state index in [4.69, 9.17) is 0 Å². The van der Waals surface area contributed by atoms with Crippen molar-refractivity contribution in [3.63, 3.8) is 0 Å². The molecule has 0 aromatic rings. The van der Waals surface area contributed by atoms with Crippen LogP contribution in [0, 0.1) is 37.5 Å². The van der Waals surface area contributed by atoms with Crippen molar-refractivity contribution in [3.05, 3.63) is 25.7 Å². The molecule has 4 nitrogen and oxygen atoms in total. The maximum absolute atomic E-state index is 2.39. The molecule has 0 aliphatic carbocycles. The van der Waals surface area contributed by atoms with Crippen LogP contribution in [0.25, 0.3) is 0 Å². The maximum atomic E-state index is 2.39. The minimum Gasteiger partial charge on any atom is -0.305 e. The molecule has 0 N–H and O–H groups in total. The molecule has 0 spiro atoms. The van der Waals surface area contributed by atoms with E-state index in [9.17, 15) is 0 Å². The zero-order valence-electron chi connectivity index (χ0n) is 22.5. The normalized spacial score (nSPS) is 25.5. The molecule has 0 aromatic carbocycles. The predicted octanol–water partition coefficient (Wildman–Crippen LogP) is 3.83. The van der Waals surface area contributed by atoms with E-state index in [1.54, 1.807) is 0 Å². The summed E-state index contributed by atoms with van der Waals surface area (Å²) in [6, 6.07) is 0. The van der Waals surface area contributed by atoms with Gasteiger partial charge in [-0.05, 0) is 27.7 Å². The van der Waals surface area contributed by atoms with Gasteiger partial charge in [0.15, 0.2) is 0 Å². The van der Waals surface area contributed by atoms with Crippen molar-refractivity contribution in [1.29, 1.82) is 0 Å². The zero-order chi connectivity index (χ0) is 22.7. The van der Waals surface area contributed by atoms with Crippen molar-refractivity contribution in [1.82, 2.24) is 0 Å². The topological polar surface area (TPSA) is 12.0 Å². The fourth-order valence-electron chi connectivity index (χ4n) is 3.32. The summed E-state index contributed by atoms with van der Waals surface area (Å²) in [7, 11) is 8.53. The van der Waals surface area contributed by atoms with E-state index in [2.05, 4.69) is 128 Å². The van der Waals surface area contributed by atoms with Gasteiger partial charge in [-0.15, -0.1) is 0 Å². The van der Waals surface area contributed by atoms with Crippen molar-refractivity contribution in [2.24, 2.45) is 11.8 Å². The Morgan fingerprint density at radius 1 is 0.871 bits per heavy atom. The van der Waals surface area contributed by atoms with Gasteiger partial charge in [0.1, 0.15) is 28.2 Å². The molecule has 2 radical (unpaired) electrons. The number of nitrogens with zero attached hydrogens (tertiary/aromatic N) is 4. The van der Waals surface area contributed by atoms with Crippen LogP contribution in [0.1, 0.15) is 61.8 Å². The largest absolute Gasteiger partial charge is 0.329 e. The predicted molar refractivity (Wildman–Crippen MR) is 129 cm³/mol. The molecule has 1 heterocycles. The van der Waals surface area contributed by atoms with Crippen LogP contribution >= 0.6 is 0 Å². The second-order valence-electron chi connectivity index (χ2n) is 8.74. The van der Waals surface area contributed by atoms with Gasteiger partial charge >= 0.3 is 13.3 Å². The van der Waals surface area contributed by atoms with E-state index < -0.39 is 0 Å². The molecule has 174 valence electrons. The molecule has 0 fully saturated rings. The summed E-state index contributed by atoms with van der Waals surface area (Å²) in [5.41, 5.74) is 5.36. The molecule has 0 aromatic heterocycles. The molecular formula is C25H48N4Y2. The van der Waals surface area contributed by atoms with Gasteiger partial charge < -0.3 is 12.8 Å². The number of hydrogen-bond donors (Lipinski definition) is 0. The zero-order valence-corrected chi connectivity index (χ0v) is 28.2. The minimum atomic E-state index is 0. The molecule has 2 unspecified atom stereocenters. The molecule has 2 atom stereocenters. The Kier molecular flexibility index (Phi) is 21.7. The fraction of sp³-hybridized carbons (Fsp3) is 0.680. The van der Waals surface area contributed by atoms with Crippen molar-refractivity contribution >= 4 is 22.8 Å². The molecule has 31 heavy (non-hydrogen) atoms. The quantitative estimate of drug-likeness (QED) is 0.207. The van der Waals surface area contributed by atoms with Crippen LogP contribution in [0.4, 0.5) is 0 Å². The molecule has 6 heteroatoms. The van der Waals surface area contributed by atoms with Gasteiger partial charge in [-0.1, -0.05) is 20.3 Å². The molecule has 0 amide bonds. The SMILES string of the molecule is C/C1=[N+](\C)C/[N+](C)=C(/C)[CH-]C(C)CC(C)[CH-]1.C[CH-]/C(C)=[N+](/C)C/[N+](C)=C(/C)[CH-]C.[Y].[Y]. The van der Waals surface area contributed by atoms with Gasteiger partial charge in [0, 0.05) is 88.3 Å². The van der Waals surface area contributed by atoms with Gasteiger partial charge in [-0.3, -0.25) is 12.8 Å². The Morgan fingerprint density at radius 3 is 1.48 bits per heavy atom. The average Bonchev–Trinajstić information content (AvgIpc) is 2.65. The number of hydrogen-bond acceptors (Lipinski definition) is 0. The summed E-state index contributed by atoms with van der Waals surface area (Å²) in [5.74, 6) is 1.31. The van der Waals surface area contributed by atoms with Crippen LogP contribution in [0.5, 0.6) is 0 Å². The second kappa shape index (κ2) is 18.8. The van der Waals surface area contributed by atoms with Crippen molar-refractivity contribution in [3.8, 4) is 0 Å². The molecule has 0 saturated heterocycles. The van der Waals surface area contributed by atoms with Crippen molar-refractivity contribution < 1.29 is 83.7 Å². The van der Waals surface area contributed by atoms with Crippen LogP contribution in [0.15, 0.2) is 0 Å². The molecule has 0 bridgehead atoms. The Hall–Kier alpha value is 0.368. The summed E-state index contributed by atoms with van der Waals surface area (Å²) < 4.78 is 9.08. The maximum Gasteiger partial charge on any atom is 0.329 e. The Labute approximate surface area is 245 Å². The smallest absolute Gasteiger partial charge is 0.305 e. The van der Waals surface area contributed by atoms with Crippen LogP contribution in [0.3, 0.4) is 0 Å². The Morgan fingerprint density at radius 2 is 1.19 bits per heavy atom. The Balaban J connectivity index is -0.000000485. The molecule has 0 saturated carbocycles. The second-order valence-corrected chi connectivity index (χ2v) is 8.74. The van der Waals surface area contributed by atoms with E-state index >= 15 is 0 Å². The molecule has 1 aliphatic rings. The summed E-state index contributed by atoms with van der Waals surface area (Å²) in [5, 5.41) is 0. The monoisotopic (exact) mass is 582 g/mol. The van der Waals surface area contributed by atoms with Gasteiger partial charge in [-0.25, -0.2) is 18.3 Å². The first kappa shape index (κ1) is 35.9. The summed E-state index contributed by atoms with van der Waals surface area (Å²) in [6.45, 7) is 19.3. The fourth-order valence-corrected chi connectivity index (χ4v) is 3.32. The van der Waals surface area contributed by atoms with Gasteiger partial charge in [0.05, 0.1) is 0 Å². The third kappa shape index (κ3) is 15.0. The van der Waals surface area contributed by atoms with Crippen LogP contribution in [0.2, 0.25) is 0 Å². The van der Waals surface area contributed by atoms with Crippen LogP contribution in [-0.4, -0.2) is 82.7 Å². The molecule has 1 aliphatic heterocycles. The molecular weight excluding hydrogens is 534 g/mol. The first-order chi connectivity index (χ1) is 13.4. The summed E-state index contributed by atoms with van der Waals surface area (Å²) >= 11 is 0. The average molecular weight is 582 g/mol. The van der Waals surface area contributed by atoms with Gasteiger partial charge in [0.2, 0.25) is 0 Å². The van der Waals surface area contributed by atoms with E-state index in [1.807, 2.05) is 0 Å². The summed E-state index contributed by atoms with van der Waals surface area (Å²) in [6.07, 6.45) is 10.3. The standard InChI is InChI=1S/C14H26N2.C11H22N2.2Y/c1-11-7-12(2)9-14(4)16(6)10-15(5)13(3)8-11;1-7-10(3)12(5)9-13(6)11(4)8-2;;/h8-9,11-12H,7,10H2,1-6H3;7-8H,9H2,1-6H3;;/b15-13-,16-14-;12-10-,13-11-;;. The Bertz CT molecular complexity index is 606. The van der Waals surface area contributed by atoms with E-state index in [0.717, 1.165) is 13.3 Å².